The van der Waals surface area contributed by atoms with Gasteiger partial charge >= 0.3 is 5.97 Å². The molecule has 1 heterocycles. The summed E-state index contributed by atoms with van der Waals surface area (Å²) in [5.74, 6) is -0.230. The van der Waals surface area contributed by atoms with Crippen molar-refractivity contribution in [3.05, 3.63) is 75.4 Å². The largest absolute Gasteiger partial charge is 0.402 e. The summed E-state index contributed by atoms with van der Waals surface area (Å²) >= 11 is 3.37. The van der Waals surface area contributed by atoms with Crippen LogP contribution in [0.1, 0.15) is 16.7 Å². The van der Waals surface area contributed by atoms with Gasteiger partial charge in [-0.1, -0.05) is 34.1 Å². The lowest BCUT2D eigenvalue weighted by atomic mass is 10.1. The molecule has 0 unspecified atom stereocenters. The Morgan fingerprint density at radius 2 is 2.00 bits per heavy atom. The first-order valence-corrected chi connectivity index (χ1v) is 7.24. The van der Waals surface area contributed by atoms with Gasteiger partial charge in [0.25, 0.3) is 0 Å². The summed E-state index contributed by atoms with van der Waals surface area (Å²) in [4.78, 5) is 16.2. The van der Waals surface area contributed by atoms with E-state index < -0.39 is 5.97 Å². The summed E-state index contributed by atoms with van der Waals surface area (Å²) in [7, 11) is 0. The highest BCUT2D eigenvalue weighted by atomic mass is 79.9. The van der Waals surface area contributed by atoms with Crippen LogP contribution < -0.4 is 0 Å². The minimum Gasteiger partial charge on any atom is -0.402 e. The van der Waals surface area contributed by atoms with Gasteiger partial charge < -0.3 is 4.74 Å². The quantitative estimate of drug-likeness (QED) is 0.611. The van der Waals surface area contributed by atoms with Crippen LogP contribution in [0, 0.1) is 11.3 Å². The van der Waals surface area contributed by atoms with E-state index in [9.17, 15) is 4.79 Å². The second-order valence-corrected chi connectivity index (χ2v) is 5.50. The molecule has 0 radical (unpaired) electrons. The lowest BCUT2D eigenvalue weighted by Gasteiger charge is -1.99. The van der Waals surface area contributed by atoms with E-state index in [0.717, 1.165) is 15.6 Å². The Labute approximate surface area is 135 Å². The number of benzene rings is 2. The number of esters is 1. The van der Waals surface area contributed by atoms with Gasteiger partial charge in [0.05, 0.1) is 11.6 Å². The number of halogens is 1. The summed E-state index contributed by atoms with van der Waals surface area (Å²) in [6.07, 6.45) is 1.61. The molecule has 0 atom stereocenters. The van der Waals surface area contributed by atoms with Crippen molar-refractivity contribution in [2.24, 2.45) is 4.99 Å². The molecule has 0 fully saturated rings. The number of hydrogen-bond donors (Lipinski definition) is 0. The summed E-state index contributed by atoms with van der Waals surface area (Å²) < 4.78 is 6.08. The van der Waals surface area contributed by atoms with Crippen molar-refractivity contribution >= 4 is 33.9 Å². The van der Waals surface area contributed by atoms with E-state index in [1.807, 2.05) is 24.3 Å². The lowest BCUT2D eigenvalue weighted by Crippen LogP contribution is -2.05. The fourth-order valence-electron chi connectivity index (χ4n) is 2.01. The molecule has 0 saturated heterocycles. The van der Waals surface area contributed by atoms with Crippen LogP contribution in [0.5, 0.6) is 0 Å². The lowest BCUT2D eigenvalue weighted by molar-refractivity contribution is -0.129. The normalized spacial score (nSPS) is 15.4. The number of rotatable bonds is 2. The number of ether oxygens (including phenoxy) is 1. The molecule has 2 aromatic rings. The van der Waals surface area contributed by atoms with Crippen LogP contribution in [-0.4, -0.2) is 11.9 Å². The van der Waals surface area contributed by atoms with Crippen LogP contribution in [0.2, 0.25) is 0 Å². The summed E-state index contributed by atoms with van der Waals surface area (Å²) in [6.45, 7) is 0. The predicted octanol–water partition coefficient (Wildman–Crippen LogP) is 3.67. The SMILES string of the molecule is N#Cc1cccc(/C=C2\N=C(c3cccc(Br)c3)OC2=O)c1. The molecule has 2 aromatic carbocycles. The molecule has 0 spiro atoms. The second-order valence-electron chi connectivity index (χ2n) is 4.58. The Hall–Kier alpha value is -2.71. The van der Waals surface area contributed by atoms with Gasteiger partial charge in [0, 0.05) is 10.0 Å². The van der Waals surface area contributed by atoms with Crippen molar-refractivity contribution in [3.8, 4) is 6.07 Å². The summed E-state index contributed by atoms with van der Waals surface area (Å²) in [5.41, 5.74) is 2.18. The van der Waals surface area contributed by atoms with E-state index in [1.54, 1.807) is 30.3 Å². The van der Waals surface area contributed by atoms with Crippen molar-refractivity contribution in [2.75, 3.05) is 0 Å². The molecule has 5 heteroatoms. The molecule has 3 rings (SSSR count). The van der Waals surface area contributed by atoms with Crippen LogP contribution in [0.15, 0.2) is 63.7 Å². The minimum atomic E-state index is -0.502. The molecule has 0 N–H and O–H groups in total. The van der Waals surface area contributed by atoms with Gasteiger partial charge in [-0.05, 0) is 42.0 Å². The second kappa shape index (κ2) is 5.96. The maximum atomic E-state index is 11.9. The summed E-state index contributed by atoms with van der Waals surface area (Å²) in [5, 5.41) is 8.90. The third kappa shape index (κ3) is 2.97. The zero-order chi connectivity index (χ0) is 15.5. The van der Waals surface area contributed by atoms with Crippen LogP contribution in [-0.2, 0) is 9.53 Å². The first kappa shape index (κ1) is 14.2. The highest BCUT2D eigenvalue weighted by Crippen LogP contribution is 2.21. The molecule has 0 bridgehead atoms. The third-order valence-electron chi connectivity index (χ3n) is 3.01. The highest BCUT2D eigenvalue weighted by molar-refractivity contribution is 9.10. The molecule has 22 heavy (non-hydrogen) atoms. The zero-order valence-electron chi connectivity index (χ0n) is 11.3. The van der Waals surface area contributed by atoms with Gasteiger partial charge in [-0.2, -0.15) is 5.26 Å². The van der Waals surface area contributed by atoms with Crippen molar-refractivity contribution < 1.29 is 9.53 Å². The zero-order valence-corrected chi connectivity index (χ0v) is 12.9. The van der Waals surface area contributed by atoms with Crippen molar-refractivity contribution in [2.45, 2.75) is 0 Å². The maximum Gasteiger partial charge on any atom is 0.363 e. The number of carbonyl (C=O) groups is 1. The number of nitriles is 1. The van der Waals surface area contributed by atoms with E-state index >= 15 is 0 Å². The Morgan fingerprint density at radius 1 is 1.18 bits per heavy atom. The standard InChI is InChI=1S/C17H9BrN2O2/c18-14-6-2-5-13(9-14)16-20-15(17(21)22-16)8-11-3-1-4-12(7-11)10-19/h1-9H/b15-8-. The first-order chi connectivity index (χ1) is 10.7. The highest BCUT2D eigenvalue weighted by Gasteiger charge is 2.24. The topological polar surface area (TPSA) is 62.4 Å². The van der Waals surface area contributed by atoms with E-state index in [0.29, 0.717) is 5.56 Å². The molecule has 106 valence electrons. The molecular weight excluding hydrogens is 344 g/mol. The van der Waals surface area contributed by atoms with Gasteiger partial charge in [-0.3, -0.25) is 0 Å². The number of aliphatic imine (C=N–C) groups is 1. The molecule has 0 aromatic heterocycles. The Morgan fingerprint density at radius 3 is 2.77 bits per heavy atom. The van der Waals surface area contributed by atoms with Gasteiger partial charge in [0.15, 0.2) is 5.70 Å². The van der Waals surface area contributed by atoms with Gasteiger partial charge in [0.1, 0.15) is 0 Å². The molecule has 4 nitrogen and oxygen atoms in total. The van der Waals surface area contributed by atoms with Crippen LogP contribution >= 0.6 is 15.9 Å². The maximum absolute atomic E-state index is 11.9. The van der Waals surface area contributed by atoms with Crippen LogP contribution in [0.3, 0.4) is 0 Å². The third-order valence-corrected chi connectivity index (χ3v) is 3.50. The van der Waals surface area contributed by atoms with Crippen LogP contribution in [0.25, 0.3) is 6.08 Å². The number of hydrogen-bond acceptors (Lipinski definition) is 4. The average Bonchev–Trinajstić information content (AvgIpc) is 2.89. The molecular formula is C17H9BrN2O2. The van der Waals surface area contributed by atoms with E-state index in [1.165, 1.54) is 0 Å². The number of cyclic esters (lactones) is 1. The average molecular weight is 353 g/mol. The molecule has 0 amide bonds. The molecule has 0 saturated carbocycles. The number of nitrogens with zero attached hydrogens (tertiary/aromatic N) is 2. The molecule has 0 aliphatic carbocycles. The van der Waals surface area contributed by atoms with E-state index in [4.69, 9.17) is 10.00 Å². The van der Waals surface area contributed by atoms with Gasteiger partial charge in [-0.15, -0.1) is 0 Å². The van der Waals surface area contributed by atoms with E-state index in [-0.39, 0.29) is 11.6 Å². The van der Waals surface area contributed by atoms with Gasteiger partial charge in [0.2, 0.25) is 5.90 Å². The van der Waals surface area contributed by atoms with Gasteiger partial charge in [-0.25, -0.2) is 9.79 Å². The van der Waals surface area contributed by atoms with Crippen molar-refractivity contribution in [3.63, 3.8) is 0 Å². The fraction of sp³-hybridized carbons (Fsp3) is 0. The van der Waals surface area contributed by atoms with E-state index in [2.05, 4.69) is 27.0 Å². The predicted molar refractivity (Wildman–Crippen MR) is 85.9 cm³/mol. The smallest absolute Gasteiger partial charge is 0.363 e. The first-order valence-electron chi connectivity index (χ1n) is 6.44. The van der Waals surface area contributed by atoms with Crippen LogP contribution in [0.4, 0.5) is 0 Å². The van der Waals surface area contributed by atoms with Crippen molar-refractivity contribution in [1.82, 2.24) is 0 Å². The number of carbonyl (C=O) groups excluding carboxylic acids is 1. The van der Waals surface area contributed by atoms with Crippen molar-refractivity contribution in [1.29, 1.82) is 5.26 Å². The molecule has 1 aliphatic heterocycles. The summed E-state index contributed by atoms with van der Waals surface area (Å²) in [6, 6.07) is 16.4. The minimum absolute atomic E-state index is 0.213. The Bertz CT molecular complexity index is 863. The Balaban J connectivity index is 1.96. The molecule has 1 aliphatic rings. The Kier molecular flexibility index (Phi) is 3.86. The monoisotopic (exact) mass is 352 g/mol. The fourth-order valence-corrected chi connectivity index (χ4v) is 2.41.